The number of rotatable bonds is 6. The number of amides is 1. The number of carbonyl (C=O) groups excluding carboxylic acids is 2. The predicted octanol–water partition coefficient (Wildman–Crippen LogP) is 3.16. The quantitative estimate of drug-likeness (QED) is 0.541. The topological polar surface area (TPSA) is 94.6 Å². The highest BCUT2D eigenvalue weighted by Crippen LogP contribution is 2.21. The number of nitrogens with zero attached hydrogens (tertiary/aromatic N) is 1. The van der Waals surface area contributed by atoms with Crippen LogP contribution in [0, 0.1) is 0 Å². The van der Waals surface area contributed by atoms with Gasteiger partial charge in [0.05, 0.1) is 6.26 Å². The van der Waals surface area contributed by atoms with E-state index in [0.717, 1.165) is 5.56 Å². The maximum atomic E-state index is 12.3. The summed E-state index contributed by atoms with van der Waals surface area (Å²) in [6.45, 7) is 1.22. The lowest BCUT2D eigenvalue weighted by Gasteiger charge is -2.08. The van der Waals surface area contributed by atoms with E-state index in [1.165, 1.54) is 13.2 Å². The van der Waals surface area contributed by atoms with E-state index >= 15 is 0 Å². The maximum Gasteiger partial charge on any atom is 0.355 e. The first-order valence-electron chi connectivity index (χ1n) is 7.83. The summed E-state index contributed by atoms with van der Waals surface area (Å²) in [5, 5.41) is 6.31. The Morgan fingerprint density at radius 3 is 2.65 bits per heavy atom. The van der Waals surface area contributed by atoms with Crippen molar-refractivity contribution in [1.29, 1.82) is 0 Å². The summed E-state index contributed by atoms with van der Waals surface area (Å²) in [7, 11) is 0. The molecule has 3 aromatic rings. The summed E-state index contributed by atoms with van der Waals surface area (Å²) < 4.78 is 15.6. The van der Waals surface area contributed by atoms with Crippen LogP contribution in [0.5, 0.6) is 0 Å². The Morgan fingerprint density at radius 2 is 1.96 bits per heavy atom. The lowest BCUT2D eigenvalue weighted by molar-refractivity contribution is -0.141. The lowest BCUT2D eigenvalue weighted by Crippen LogP contribution is -2.26. The van der Waals surface area contributed by atoms with Gasteiger partial charge in [0, 0.05) is 13.0 Å². The van der Waals surface area contributed by atoms with Gasteiger partial charge in [0.15, 0.2) is 5.76 Å². The lowest BCUT2D eigenvalue weighted by atomic mass is 10.2. The Hall–Kier alpha value is -3.61. The molecule has 2 aromatic heterocycles. The van der Waals surface area contributed by atoms with Crippen molar-refractivity contribution >= 4 is 18.0 Å². The van der Waals surface area contributed by atoms with Crippen LogP contribution in [0.3, 0.4) is 0 Å². The van der Waals surface area contributed by atoms with Crippen LogP contribution in [0.1, 0.15) is 18.2 Å². The van der Waals surface area contributed by atoms with Gasteiger partial charge in [-0.3, -0.25) is 4.79 Å². The zero-order valence-corrected chi connectivity index (χ0v) is 14.0. The van der Waals surface area contributed by atoms with Crippen molar-refractivity contribution in [2.45, 2.75) is 13.5 Å². The molecule has 0 aliphatic carbocycles. The number of benzene rings is 1. The minimum absolute atomic E-state index is 0.0402. The molecule has 7 nitrogen and oxygen atoms in total. The zero-order valence-electron chi connectivity index (χ0n) is 14.0. The molecule has 1 amide bonds. The first-order valence-corrected chi connectivity index (χ1v) is 7.83. The molecule has 0 bridgehead atoms. The van der Waals surface area contributed by atoms with E-state index in [0.29, 0.717) is 17.2 Å². The van der Waals surface area contributed by atoms with Gasteiger partial charge in [-0.2, -0.15) is 0 Å². The van der Waals surface area contributed by atoms with Crippen LogP contribution < -0.4 is 5.32 Å². The van der Waals surface area contributed by atoms with Crippen molar-refractivity contribution in [2.24, 2.45) is 0 Å². The molecule has 7 heteroatoms. The number of esters is 1. The molecule has 26 heavy (non-hydrogen) atoms. The molecule has 1 N–H and O–H groups in total. The van der Waals surface area contributed by atoms with Crippen molar-refractivity contribution in [3.8, 4) is 11.5 Å². The molecule has 0 saturated carbocycles. The molecule has 0 unspecified atom stereocenters. The summed E-state index contributed by atoms with van der Waals surface area (Å²) in [6.07, 6.45) is 3.06. The highest BCUT2D eigenvalue weighted by Gasteiger charge is 2.15. The van der Waals surface area contributed by atoms with Gasteiger partial charge in [0.2, 0.25) is 11.7 Å². The molecule has 0 spiro atoms. The van der Waals surface area contributed by atoms with Gasteiger partial charge in [-0.15, -0.1) is 0 Å². The second kappa shape index (κ2) is 7.98. The fourth-order valence-corrected chi connectivity index (χ4v) is 2.18. The first kappa shape index (κ1) is 17.2. The van der Waals surface area contributed by atoms with Crippen molar-refractivity contribution < 1.29 is 23.3 Å². The smallest absolute Gasteiger partial charge is 0.355 e. The fraction of sp³-hybridized carbons (Fsp3) is 0.105. The SMILES string of the molecule is CC(=O)N/C(=C\c1ccccc1)C(=O)OCc1cc(-c2ccco2)on1. The van der Waals surface area contributed by atoms with Crippen LogP contribution in [0.4, 0.5) is 0 Å². The summed E-state index contributed by atoms with van der Waals surface area (Å²) >= 11 is 0. The molecule has 3 rings (SSSR count). The number of hydrogen-bond acceptors (Lipinski definition) is 6. The molecule has 2 heterocycles. The number of ether oxygens (including phenoxy) is 1. The van der Waals surface area contributed by atoms with Gasteiger partial charge in [0.1, 0.15) is 18.0 Å². The van der Waals surface area contributed by atoms with Crippen molar-refractivity contribution in [2.75, 3.05) is 0 Å². The summed E-state index contributed by atoms with van der Waals surface area (Å²) in [4.78, 5) is 23.7. The summed E-state index contributed by atoms with van der Waals surface area (Å²) in [6, 6.07) is 14.2. The Kier molecular flexibility index (Phi) is 5.28. The molecule has 0 atom stereocenters. The molecule has 0 aliphatic heterocycles. The monoisotopic (exact) mass is 352 g/mol. The Labute approximate surface area is 149 Å². The molecule has 0 radical (unpaired) electrons. The summed E-state index contributed by atoms with van der Waals surface area (Å²) in [5.74, 6) is -0.0850. The predicted molar refractivity (Wildman–Crippen MR) is 92.2 cm³/mol. The summed E-state index contributed by atoms with van der Waals surface area (Å²) in [5.41, 5.74) is 1.22. The van der Waals surface area contributed by atoms with E-state index in [1.54, 1.807) is 24.3 Å². The van der Waals surface area contributed by atoms with Crippen LogP contribution in [0.15, 0.2) is 69.4 Å². The number of nitrogens with one attached hydrogen (secondary N) is 1. The van der Waals surface area contributed by atoms with E-state index in [9.17, 15) is 9.59 Å². The first-order chi connectivity index (χ1) is 12.6. The highest BCUT2D eigenvalue weighted by molar-refractivity contribution is 5.97. The minimum atomic E-state index is -0.674. The van der Waals surface area contributed by atoms with Gasteiger partial charge < -0.3 is 19.0 Å². The van der Waals surface area contributed by atoms with E-state index in [1.807, 2.05) is 30.3 Å². The van der Waals surface area contributed by atoms with Gasteiger partial charge in [-0.05, 0) is 23.8 Å². The highest BCUT2D eigenvalue weighted by atomic mass is 16.5. The van der Waals surface area contributed by atoms with Crippen LogP contribution >= 0.6 is 0 Å². The number of hydrogen-bond donors (Lipinski definition) is 1. The van der Waals surface area contributed by atoms with Crippen LogP contribution in [-0.2, 0) is 20.9 Å². The molecule has 132 valence electrons. The molecule has 0 fully saturated rings. The zero-order chi connectivity index (χ0) is 18.4. The van der Waals surface area contributed by atoms with E-state index in [2.05, 4.69) is 10.5 Å². The molecule has 0 aliphatic rings. The average molecular weight is 352 g/mol. The maximum absolute atomic E-state index is 12.3. The number of carbonyl (C=O) groups is 2. The molecule has 0 saturated heterocycles. The standard InChI is InChI=1S/C19H16N2O5/c1-13(22)20-16(10-14-6-3-2-4-7-14)19(23)25-12-15-11-18(26-21-15)17-8-5-9-24-17/h2-11H,12H2,1H3,(H,20,22)/b16-10-. The van der Waals surface area contributed by atoms with Crippen molar-refractivity contribution in [1.82, 2.24) is 10.5 Å². The van der Waals surface area contributed by atoms with E-state index in [-0.39, 0.29) is 18.2 Å². The van der Waals surface area contributed by atoms with Gasteiger partial charge in [0.25, 0.3) is 0 Å². The van der Waals surface area contributed by atoms with Gasteiger partial charge in [-0.1, -0.05) is 35.5 Å². The van der Waals surface area contributed by atoms with Crippen LogP contribution in [0.25, 0.3) is 17.6 Å². The number of aromatic nitrogens is 1. The van der Waals surface area contributed by atoms with E-state index in [4.69, 9.17) is 13.7 Å². The Morgan fingerprint density at radius 1 is 1.15 bits per heavy atom. The van der Waals surface area contributed by atoms with Gasteiger partial charge >= 0.3 is 5.97 Å². The molecule has 1 aromatic carbocycles. The van der Waals surface area contributed by atoms with Crippen molar-refractivity contribution in [3.05, 3.63) is 71.7 Å². The Balaban J connectivity index is 1.68. The molecular formula is C19H16N2O5. The van der Waals surface area contributed by atoms with Crippen molar-refractivity contribution in [3.63, 3.8) is 0 Å². The van der Waals surface area contributed by atoms with Crippen LogP contribution in [-0.4, -0.2) is 17.0 Å². The third-order valence-electron chi connectivity index (χ3n) is 3.32. The van der Waals surface area contributed by atoms with Crippen LogP contribution in [0.2, 0.25) is 0 Å². The molecular weight excluding hydrogens is 336 g/mol. The fourth-order valence-electron chi connectivity index (χ4n) is 2.18. The van der Waals surface area contributed by atoms with E-state index < -0.39 is 5.97 Å². The largest absolute Gasteiger partial charge is 0.461 e. The third-order valence-corrected chi connectivity index (χ3v) is 3.32. The Bertz CT molecular complexity index is 911. The minimum Gasteiger partial charge on any atom is -0.461 e. The van der Waals surface area contributed by atoms with Gasteiger partial charge in [-0.25, -0.2) is 4.79 Å². The average Bonchev–Trinajstić information content (AvgIpc) is 3.31. The number of furan rings is 1. The second-order valence-corrected chi connectivity index (χ2v) is 5.39. The second-order valence-electron chi connectivity index (χ2n) is 5.39. The third kappa shape index (κ3) is 4.47. The normalized spacial score (nSPS) is 11.2.